The van der Waals surface area contributed by atoms with Crippen LogP contribution < -0.4 is 27.4 Å². The van der Waals surface area contributed by atoms with Crippen LogP contribution in [0.5, 0.6) is 0 Å². The molecule has 0 radical (unpaired) electrons. The van der Waals surface area contributed by atoms with Crippen molar-refractivity contribution in [1.82, 2.24) is 16.0 Å². The van der Waals surface area contributed by atoms with E-state index in [1.54, 1.807) is 13.8 Å². The lowest BCUT2D eigenvalue weighted by Crippen LogP contribution is -2.57. The molecule has 4 atom stereocenters. The van der Waals surface area contributed by atoms with Gasteiger partial charge in [-0.1, -0.05) is 13.8 Å². The van der Waals surface area contributed by atoms with Crippen LogP contribution in [0, 0.1) is 5.92 Å². The van der Waals surface area contributed by atoms with Gasteiger partial charge in [-0.2, -0.15) is 12.6 Å². The van der Waals surface area contributed by atoms with Crippen LogP contribution in [0.25, 0.3) is 0 Å². The minimum atomic E-state index is -1.39. The molecule has 0 saturated heterocycles. The van der Waals surface area contributed by atoms with Gasteiger partial charge in [-0.05, 0) is 18.8 Å². The number of nitrogens with two attached hydrogens (primary N) is 2. The number of nitrogens with one attached hydrogen (secondary N) is 3. The fraction of sp³-hybridized carbons (Fsp3) is 0.667. The van der Waals surface area contributed by atoms with Crippen molar-refractivity contribution in [2.75, 3.05) is 5.75 Å². The summed E-state index contributed by atoms with van der Waals surface area (Å²) in [5.41, 5.74) is 10.6. The van der Waals surface area contributed by atoms with E-state index >= 15 is 0 Å². The molecule has 0 aromatic heterocycles. The Balaban J connectivity index is 5.49. The molecule has 14 heteroatoms. The summed E-state index contributed by atoms with van der Waals surface area (Å²) in [7, 11) is 0. The molecule has 0 aromatic rings. The Morgan fingerprint density at radius 2 is 1.38 bits per heavy atom. The second kappa shape index (κ2) is 14.2. The third kappa shape index (κ3) is 11.5. The summed E-state index contributed by atoms with van der Waals surface area (Å²) in [6.07, 6.45) is -1.00. The van der Waals surface area contributed by atoms with Crippen molar-refractivity contribution in [3.63, 3.8) is 0 Å². The van der Waals surface area contributed by atoms with Gasteiger partial charge < -0.3 is 37.6 Å². The number of hydrogen-bond acceptors (Lipinski definition) is 8. The molecule has 4 amide bonds. The highest BCUT2D eigenvalue weighted by Crippen LogP contribution is 2.08. The quantitative estimate of drug-likeness (QED) is 0.117. The Morgan fingerprint density at radius 1 is 0.875 bits per heavy atom. The largest absolute Gasteiger partial charge is 0.481 e. The normalized spacial score (nSPS) is 14.5. The number of carbonyl (C=O) groups excluding carboxylic acids is 4. The number of carbonyl (C=O) groups is 6. The van der Waals surface area contributed by atoms with Gasteiger partial charge in [-0.3, -0.25) is 24.0 Å². The van der Waals surface area contributed by atoms with E-state index in [4.69, 9.17) is 21.7 Å². The number of primary amides is 1. The molecule has 0 saturated carbocycles. The summed E-state index contributed by atoms with van der Waals surface area (Å²) < 4.78 is 0. The first-order valence-corrected chi connectivity index (χ1v) is 10.4. The van der Waals surface area contributed by atoms with Crippen molar-refractivity contribution in [2.45, 2.75) is 63.7 Å². The predicted octanol–water partition coefficient (Wildman–Crippen LogP) is -2.43. The van der Waals surface area contributed by atoms with Gasteiger partial charge in [0, 0.05) is 12.2 Å². The molecule has 0 fully saturated rings. The number of carboxylic acid groups (broad SMARTS) is 2. The highest BCUT2D eigenvalue weighted by atomic mass is 32.1. The van der Waals surface area contributed by atoms with Crippen molar-refractivity contribution in [2.24, 2.45) is 17.4 Å². The molecule has 0 aliphatic heterocycles. The van der Waals surface area contributed by atoms with E-state index in [1.165, 1.54) is 0 Å². The zero-order valence-corrected chi connectivity index (χ0v) is 18.8. The van der Waals surface area contributed by atoms with Crippen LogP contribution >= 0.6 is 12.6 Å². The maximum Gasteiger partial charge on any atom is 0.327 e. The average molecular weight is 478 g/mol. The molecular formula is C18H31N5O8S. The minimum Gasteiger partial charge on any atom is -0.481 e. The van der Waals surface area contributed by atoms with Crippen LogP contribution in [0.15, 0.2) is 0 Å². The van der Waals surface area contributed by atoms with Crippen LogP contribution in [0.2, 0.25) is 0 Å². The van der Waals surface area contributed by atoms with Crippen molar-refractivity contribution in [3.8, 4) is 0 Å². The molecule has 0 rings (SSSR count). The van der Waals surface area contributed by atoms with E-state index in [1.807, 2.05) is 0 Å². The standard InChI is InChI=1S/C18H31N5O8S/c1-8(2)5-11(22-15(27)9(19)6-14(25)26)17(29)21-10(3-4-13(20)24)16(28)23-12(7-32)18(30)31/h8-12,32H,3-7,19H2,1-2H3,(H2,20,24)(H,21,29)(H,22,27)(H,23,28)(H,25,26)(H,30,31). The van der Waals surface area contributed by atoms with Crippen LogP contribution in [-0.2, 0) is 28.8 Å². The van der Waals surface area contributed by atoms with Crippen molar-refractivity contribution in [3.05, 3.63) is 0 Å². The highest BCUT2D eigenvalue weighted by Gasteiger charge is 2.30. The Hall–Kier alpha value is -2.87. The van der Waals surface area contributed by atoms with E-state index in [2.05, 4.69) is 28.6 Å². The number of thiol groups is 1. The SMILES string of the molecule is CC(C)CC(NC(=O)C(N)CC(=O)O)C(=O)NC(CCC(N)=O)C(=O)NC(CS)C(=O)O. The van der Waals surface area contributed by atoms with Crippen LogP contribution in [-0.4, -0.2) is 75.7 Å². The number of aliphatic carboxylic acids is 2. The molecule has 0 aliphatic carbocycles. The minimum absolute atomic E-state index is 0.0831. The van der Waals surface area contributed by atoms with Gasteiger partial charge in [0.05, 0.1) is 12.5 Å². The Morgan fingerprint density at radius 3 is 1.81 bits per heavy atom. The van der Waals surface area contributed by atoms with E-state index in [-0.39, 0.29) is 30.9 Å². The first kappa shape index (κ1) is 29.1. The second-order valence-corrected chi connectivity index (χ2v) is 7.91. The van der Waals surface area contributed by atoms with E-state index < -0.39 is 66.2 Å². The van der Waals surface area contributed by atoms with Gasteiger partial charge in [-0.25, -0.2) is 4.79 Å². The predicted molar refractivity (Wildman–Crippen MR) is 115 cm³/mol. The molecule has 0 bridgehead atoms. The number of hydrogen-bond donors (Lipinski definition) is 8. The zero-order chi connectivity index (χ0) is 25.0. The van der Waals surface area contributed by atoms with E-state index in [0.717, 1.165) is 0 Å². The van der Waals surface area contributed by atoms with Crippen molar-refractivity contribution < 1.29 is 39.0 Å². The van der Waals surface area contributed by atoms with Crippen LogP contribution in [0.3, 0.4) is 0 Å². The van der Waals surface area contributed by atoms with Crippen LogP contribution in [0.4, 0.5) is 0 Å². The van der Waals surface area contributed by atoms with E-state index in [9.17, 15) is 28.8 Å². The summed E-state index contributed by atoms with van der Waals surface area (Å²) in [5.74, 6) is -6.22. The molecule has 0 spiro atoms. The Labute approximate surface area is 190 Å². The molecule has 0 aliphatic rings. The lowest BCUT2D eigenvalue weighted by atomic mass is 10.0. The molecular weight excluding hydrogens is 446 g/mol. The molecule has 0 heterocycles. The summed E-state index contributed by atoms with van der Waals surface area (Å²) >= 11 is 3.85. The van der Waals surface area contributed by atoms with Crippen LogP contribution in [0.1, 0.15) is 39.5 Å². The van der Waals surface area contributed by atoms with Gasteiger partial charge >= 0.3 is 11.9 Å². The highest BCUT2D eigenvalue weighted by molar-refractivity contribution is 7.80. The summed E-state index contributed by atoms with van der Waals surface area (Å²) in [5, 5.41) is 24.8. The Kier molecular flexibility index (Phi) is 13.0. The third-order valence-electron chi connectivity index (χ3n) is 4.18. The Bertz CT molecular complexity index is 717. The summed E-state index contributed by atoms with van der Waals surface area (Å²) in [6, 6.07) is -5.21. The summed E-state index contributed by atoms with van der Waals surface area (Å²) in [6.45, 7) is 3.54. The smallest absolute Gasteiger partial charge is 0.327 e. The monoisotopic (exact) mass is 477 g/mol. The molecule has 4 unspecified atom stereocenters. The fourth-order valence-corrected chi connectivity index (χ4v) is 2.80. The average Bonchev–Trinajstić information content (AvgIpc) is 2.66. The first-order chi connectivity index (χ1) is 14.8. The third-order valence-corrected chi connectivity index (χ3v) is 4.55. The number of carboxylic acids is 2. The lowest BCUT2D eigenvalue weighted by Gasteiger charge is -2.25. The molecule has 182 valence electrons. The first-order valence-electron chi connectivity index (χ1n) is 9.78. The topological polar surface area (TPSA) is 231 Å². The second-order valence-electron chi connectivity index (χ2n) is 7.54. The van der Waals surface area contributed by atoms with Crippen molar-refractivity contribution >= 4 is 48.2 Å². The fourth-order valence-electron chi connectivity index (χ4n) is 2.55. The number of amides is 4. The maximum atomic E-state index is 12.8. The van der Waals surface area contributed by atoms with Gasteiger partial charge in [0.2, 0.25) is 23.6 Å². The summed E-state index contributed by atoms with van der Waals surface area (Å²) in [4.78, 5) is 70.5. The number of rotatable bonds is 15. The van der Waals surface area contributed by atoms with Gasteiger partial charge in [0.1, 0.15) is 18.1 Å². The molecule has 13 nitrogen and oxygen atoms in total. The molecule has 32 heavy (non-hydrogen) atoms. The molecule has 0 aromatic carbocycles. The maximum absolute atomic E-state index is 12.8. The van der Waals surface area contributed by atoms with Gasteiger partial charge in [0.15, 0.2) is 0 Å². The van der Waals surface area contributed by atoms with Gasteiger partial charge in [0.25, 0.3) is 0 Å². The van der Waals surface area contributed by atoms with Crippen molar-refractivity contribution in [1.29, 1.82) is 0 Å². The zero-order valence-electron chi connectivity index (χ0n) is 17.9. The van der Waals surface area contributed by atoms with Gasteiger partial charge in [-0.15, -0.1) is 0 Å². The lowest BCUT2D eigenvalue weighted by molar-refractivity contribution is -0.141. The van der Waals surface area contributed by atoms with E-state index in [0.29, 0.717) is 0 Å². The molecule has 9 N–H and O–H groups in total.